The summed E-state index contributed by atoms with van der Waals surface area (Å²) in [5, 5.41) is 0. The van der Waals surface area contributed by atoms with Crippen LogP contribution in [0.25, 0.3) is 0 Å². The van der Waals surface area contributed by atoms with Crippen LogP contribution in [0.15, 0.2) is 15.7 Å². The molecule has 0 bridgehead atoms. The van der Waals surface area contributed by atoms with Crippen LogP contribution < -0.4 is 17.0 Å². The molecule has 1 N–H and O–H groups in total. The Labute approximate surface area is 62.7 Å². The van der Waals surface area contributed by atoms with Gasteiger partial charge in [-0.3, -0.25) is 19.7 Å². The molecule has 0 aromatic carbocycles. The van der Waals surface area contributed by atoms with E-state index in [1.54, 1.807) is 0 Å². The zero-order valence-corrected chi connectivity index (χ0v) is 6.29. The van der Waals surface area contributed by atoms with E-state index in [1.165, 1.54) is 14.1 Å². The van der Waals surface area contributed by atoms with Gasteiger partial charge < -0.3 is 0 Å². The van der Waals surface area contributed by atoms with Gasteiger partial charge in [-0.2, -0.15) is 0 Å². The maximum Gasteiger partial charge on any atom is 0.332 e. The van der Waals surface area contributed by atoms with Crippen LogP contribution in [0.5, 0.6) is 0 Å². The first-order chi connectivity index (χ1) is 5.04. The highest BCUT2D eigenvalue weighted by atomic mass is 16.2. The van der Waals surface area contributed by atoms with Crippen molar-refractivity contribution >= 4 is 5.82 Å². The fourth-order valence-electron chi connectivity index (χ4n) is 0.733. The Morgan fingerprint density at radius 2 is 1.82 bits per heavy atom. The number of aromatic nitrogens is 2. The summed E-state index contributed by atoms with van der Waals surface area (Å²) < 4.78 is 2.05. The van der Waals surface area contributed by atoms with Crippen molar-refractivity contribution in [3.8, 4) is 0 Å². The summed E-state index contributed by atoms with van der Waals surface area (Å²) >= 11 is 0. The summed E-state index contributed by atoms with van der Waals surface area (Å²) in [7, 11) is 2.83. The van der Waals surface area contributed by atoms with Gasteiger partial charge in [0.05, 0.1) is 0 Å². The number of rotatable bonds is 0. The zero-order chi connectivity index (χ0) is 8.59. The summed E-state index contributed by atoms with van der Waals surface area (Å²) in [5.74, 6) is -0.0712. The van der Waals surface area contributed by atoms with Gasteiger partial charge in [0, 0.05) is 20.2 Å². The number of hydrogen-bond donors (Lipinski definition) is 0. The maximum atomic E-state index is 11.0. The van der Waals surface area contributed by atoms with Crippen molar-refractivity contribution in [1.82, 2.24) is 14.9 Å². The van der Waals surface area contributed by atoms with Gasteiger partial charge in [-0.25, -0.2) is 4.79 Å². The van der Waals surface area contributed by atoms with Crippen LogP contribution in [0, 0.1) is 0 Å². The van der Waals surface area contributed by atoms with E-state index in [0.29, 0.717) is 0 Å². The first kappa shape index (κ1) is 7.59. The molecule has 1 aromatic rings. The van der Waals surface area contributed by atoms with Crippen molar-refractivity contribution in [2.45, 2.75) is 0 Å². The molecule has 11 heavy (non-hydrogen) atoms. The highest BCUT2D eigenvalue weighted by Crippen LogP contribution is 1.90. The lowest BCUT2D eigenvalue weighted by atomic mass is 10.5. The Morgan fingerprint density at radius 3 is 2.36 bits per heavy atom. The van der Waals surface area contributed by atoms with Crippen molar-refractivity contribution in [2.75, 3.05) is 0 Å². The third kappa shape index (κ3) is 1.04. The van der Waals surface area contributed by atoms with E-state index in [9.17, 15) is 9.59 Å². The van der Waals surface area contributed by atoms with Crippen LogP contribution in [-0.2, 0) is 14.1 Å². The second-order valence-electron chi connectivity index (χ2n) is 2.27. The Balaban J connectivity index is 3.74. The summed E-state index contributed by atoms with van der Waals surface area (Å²) in [6.45, 7) is 0. The number of hydrogen-bond acceptors (Lipinski definition) is 2. The van der Waals surface area contributed by atoms with Gasteiger partial charge in [-0.1, -0.05) is 0 Å². The molecule has 0 saturated carbocycles. The topological polar surface area (TPSA) is 67.8 Å². The molecule has 59 valence electrons. The molecule has 0 atom stereocenters. The minimum absolute atomic E-state index is 0.0712. The number of nitrogens with one attached hydrogen (secondary N) is 1. The largest absolute Gasteiger partial charge is 0.332 e. The lowest BCUT2D eigenvalue weighted by Gasteiger charge is -2.02. The predicted molar refractivity (Wildman–Crippen MR) is 39.7 cm³/mol. The minimum Gasteiger partial charge on any atom is -0.284 e. The smallest absolute Gasteiger partial charge is 0.284 e. The first-order valence-electron chi connectivity index (χ1n) is 3.02. The van der Waals surface area contributed by atoms with Crippen LogP contribution in [-0.4, -0.2) is 9.13 Å². The average Bonchev–Trinajstić information content (AvgIpc) is 1.97. The highest BCUT2D eigenvalue weighted by molar-refractivity contribution is 5.20. The van der Waals surface area contributed by atoms with E-state index in [4.69, 9.17) is 5.73 Å². The molecule has 0 aliphatic rings. The summed E-state index contributed by atoms with van der Waals surface area (Å²) in [4.78, 5) is 21.9. The molecular formula is C6H8N3O2. The van der Waals surface area contributed by atoms with Gasteiger partial charge in [-0.15, -0.1) is 0 Å². The Hall–Kier alpha value is -1.52. The fraction of sp³-hybridized carbons (Fsp3) is 0.333. The van der Waals surface area contributed by atoms with Crippen LogP contribution >= 0.6 is 0 Å². The Kier molecular flexibility index (Phi) is 1.56. The van der Waals surface area contributed by atoms with Crippen molar-refractivity contribution in [2.24, 2.45) is 14.1 Å². The van der Waals surface area contributed by atoms with Gasteiger partial charge in [-0.05, 0) is 0 Å². The molecule has 0 fully saturated rings. The quantitative estimate of drug-likeness (QED) is 0.481. The third-order valence-electron chi connectivity index (χ3n) is 1.53. The second-order valence-corrected chi connectivity index (χ2v) is 2.27. The van der Waals surface area contributed by atoms with Gasteiger partial charge in [0.1, 0.15) is 5.82 Å². The minimum atomic E-state index is -0.470. The normalized spacial score (nSPS) is 10.0. The third-order valence-corrected chi connectivity index (χ3v) is 1.53. The van der Waals surface area contributed by atoms with Gasteiger partial charge >= 0.3 is 5.69 Å². The molecule has 1 rings (SSSR count). The van der Waals surface area contributed by atoms with Crippen LogP contribution in [0.2, 0.25) is 0 Å². The van der Waals surface area contributed by atoms with Crippen LogP contribution in [0.4, 0.5) is 5.82 Å². The summed E-state index contributed by atoms with van der Waals surface area (Å²) in [5.41, 5.74) is 6.23. The van der Waals surface area contributed by atoms with E-state index in [2.05, 4.69) is 0 Å². The summed E-state index contributed by atoms with van der Waals surface area (Å²) in [6.07, 6.45) is 0. The molecule has 1 aromatic heterocycles. The molecule has 5 heteroatoms. The van der Waals surface area contributed by atoms with E-state index < -0.39 is 11.2 Å². The molecule has 0 spiro atoms. The van der Waals surface area contributed by atoms with Gasteiger partial charge in [0.2, 0.25) is 0 Å². The van der Waals surface area contributed by atoms with Gasteiger partial charge in [0.25, 0.3) is 5.56 Å². The summed E-state index contributed by atoms with van der Waals surface area (Å²) in [6, 6.07) is 1.10. The van der Waals surface area contributed by atoms with E-state index in [0.717, 1.165) is 15.2 Å². The molecule has 0 amide bonds. The zero-order valence-electron chi connectivity index (χ0n) is 6.29. The highest BCUT2D eigenvalue weighted by Gasteiger charge is 2.01. The van der Waals surface area contributed by atoms with Crippen molar-refractivity contribution < 1.29 is 0 Å². The fourth-order valence-corrected chi connectivity index (χ4v) is 0.733. The second kappa shape index (κ2) is 2.26. The lowest BCUT2D eigenvalue weighted by molar-refractivity contribution is 0.687. The predicted octanol–water partition coefficient (Wildman–Crippen LogP) is -1.00. The molecule has 5 nitrogen and oxygen atoms in total. The SMILES string of the molecule is Cn1c([NH])cc(=O)n(C)c1=O. The van der Waals surface area contributed by atoms with Crippen molar-refractivity contribution in [3.05, 3.63) is 26.9 Å². The first-order valence-corrected chi connectivity index (χ1v) is 3.02. The van der Waals surface area contributed by atoms with Gasteiger partial charge in [0.15, 0.2) is 0 Å². The molecule has 1 heterocycles. The van der Waals surface area contributed by atoms with E-state index >= 15 is 0 Å². The molecule has 0 aliphatic carbocycles. The Morgan fingerprint density at radius 1 is 1.27 bits per heavy atom. The van der Waals surface area contributed by atoms with Crippen molar-refractivity contribution in [3.63, 3.8) is 0 Å². The molecule has 0 aliphatic heterocycles. The monoisotopic (exact) mass is 154 g/mol. The average molecular weight is 154 g/mol. The molecular weight excluding hydrogens is 146 g/mol. The van der Waals surface area contributed by atoms with E-state index in [-0.39, 0.29) is 5.82 Å². The molecule has 1 radical (unpaired) electrons. The number of nitrogens with zero attached hydrogens (tertiary/aromatic N) is 2. The molecule has 0 saturated heterocycles. The van der Waals surface area contributed by atoms with E-state index in [1.807, 2.05) is 0 Å². The standard InChI is InChI=1S/C6H8N3O2/c1-8-4(7)3-5(10)9(2)6(8)11/h3,7H,1-2H3. The lowest BCUT2D eigenvalue weighted by Crippen LogP contribution is -2.36. The van der Waals surface area contributed by atoms with Crippen molar-refractivity contribution in [1.29, 1.82) is 0 Å². The maximum absolute atomic E-state index is 11.0. The molecule has 0 unspecified atom stereocenters. The Bertz CT molecular complexity index is 388. The van der Waals surface area contributed by atoms with Crippen LogP contribution in [0.3, 0.4) is 0 Å². The van der Waals surface area contributed by atoms with Crippen LogP contribution in [0.1, 0.15) is 0 Å².